The zero-order valence-corrected chi connectivity index (χ0v) is 15.2. The Morgan fingerprint density at radius 3 is 2.76 bits per heavy atom. The SMILES string of the molecule is CS(=O)(=Nc1ccc2c(Nc3ccc(Cl)nc3)nccc2c1)C1CC1. The van der Waals surface area contributed by atoms with Gasteiger partial charge in [-0.3, -0.25) is 0 Å². The molecule has 1 aromatic carbocycles. The predicted octanol–water partition coefficient (Wildman–Crippen LogP) is 4.92. The normalized spacial score (nSPS) is 16.4. The van der Waals surface area contributed by atoms with Crippen molar-refractivity contribution in [1.29, 1.82) is 0 Å². The van der Waals surface area contributed by atoms with Crippen LogP contribution in [-0.4, -0.2) is 25.7 Å². The van der Waals surface area contributed by atoms with E-state index in [1.807, 2.05) is 30.3 Å². The number of hydrogen-bond acceptors (Lipinski definition) is 5. The first-order valence-electron chi connectivity index (χ1n) is 8.00. The summed E-state index contributed by atoms with van der Waals surface area (Å²) in [6.45, 7) is 0. The molecule has 2 aromatic heterocycles. The second-order valence-corrected chi connectivity index (χ2v) is 9.17. The number of pyridine rings is 2. The van der Waals surface area contributed by atoms with Gasteiger partial charge in [0.1, 0.15) is 11.0 Å². The summed E-state index contributed by atoms with van der Waals surface area (Å²) in [7, 11) is -2.15. The molecule has 0 amide bonds. The van der Waals surface area contributed by atoms with Gasteiger partial charge in [-0.05, 0) is 54.6 Å². The second kappa shape index (κ2) is 6.28. The van der Waals surface area contributed by atoms with Crippen LogP contribution in [0.5, 0.6) is 0 Å². The zero-order chi connectivity index (χ0) is 17.4. The van der Waals surface area contributed by atoms with E-state index in [9.17, 15) is 4.21 Å². The summed E-state index contributed by atoms with van der Waals surface area (Å²) in [4.78, 5) is 8.47. The number of nitrogens with zero attached hydrogens (tertiary/aromatic N) is 3. The lowest BCUT2D eigenvalue weighted by Crippen LogP contribution is -2.01. The van der Waals surface area contributed by atoms with Gasteiger partial charge >= 0.3 is 0 Å². The van der Waals surface area contributed by atoms with Crippen LogP contribution >= 0.6 is 11.6 Å². The Bertz CT molecular complexity index is 1050. The first-order valence-corrected chi connectivity index (χ1v) is 10.4. The summed E-state index contributed by atoms with van der Waals surface area (Å²) in [6.07, 6.45) is 7.18. The number of benzene rings is 1. The molecule has 0 radical (unpaired) electrons. The maximum Gasteiger partial charge on any atom is 0.138 e. The Morgan fingerprint density at radius 1 is 1.20 bits per heavy atom. The van der Waals surface area contributed by atoms with Gasteiger partial charge < -0.3 is 5.32 Å². The third-order valence-corrected chi connectivity index (χ3v) is 6.67. The van der Waals surface area contributed by atoms with E-state index in [2.05, 4.69) is 19.6 Å². The van der Waals surface area contributed by atoms with Crippen molar-refractivity contribution in [2.75, 3.05) is 11.6 Å². The molecule has 3 aromatic rings. The zero-order valence-electron chi connectivity index (χ0n) is 13.6. The summed E-state index contributed by atoms with van der Waals surface area (Å²) >= 11 is 5.82. The molecule has 1 aliphatic rings. The Morgan fingerprint density at radius 2 is 2.04 bits per heavy atom. The lowest BCUT2D eigenvalue weighted by Gasteiger charge is -2.09. The smallest absolute Gasteiger partial charge is 0.138 e. The molecule has 5 nitrogen and oxygen atoms in total. The molecule has 7 heteroatoms. The van der Waals surface area contributed by atoms with E-state index >= 15 is 0 Å². The van der Waals surface area contributed by atoms with Crippen LogP contribution in [-0.2, 0) is 9.73 Å². The molecule has 0 spiro atoms. The van der Waals surface area contributed by atoms with Gasteiger partial charge in [-0.1, -0.05) is 11.6 Å². The Labute approximate surface area is 151 Å². The molecule has 1 N–H and O–H groups in total. The topological polar surface area (TPSA) is 67.2 Å². The lowest BCUT2D eigenvalue weighted by molar-refractivity contribution is 0.680. The fraction of sp³-hybridized carbons (Fsp3) is 0.222. The van der Waals surface area contributed by atoms with E-state index in [1.165, 1.54) is 0 Å². The van der Waals surface area contributed by atoms with Gasteiger partial charge in [-0.25, -0.2) is 14.2 Å². The van der Waals surface area contributed by atoms with Crippen molar-refractivity contribution in [3.05, 3.63) is 53.9 Å². The van der Waals surface area contributed by atoms with Gasteiger partial charge in [0.25, 0.3) is 0 Å². The number of rotatable bonds is 4. The molecule has 0 bridgehead atoms. The predicted molar refractivity (Wildman–Crippen MR) is 103 cm³/mol. The third kappa shape index (κ3) is 3.60. The molecule has 1 atom stereocenters. The summed E-state index contributed by atoms with van der Waals surface area (Å²) in [6, 6.07) is 11.3. The van der Waals surface area contributed by atoms with Crippen molar-refractivity contribution in [2.45, 2.75) is 18.1 Å². The first-order chi connectivity index (χ1) is 12.0. The van der Waals surface area contributed by atoms with Crippen LogP contribution in [0.3, 0.4) is 0 Å². The Balaban J connectivity index is 1.70. The van der Waals surface area contributed by atoms with Gasteiger partial charge in [0.2, 0.25) is 0 Å². The van der Waals surface area contributed by atoms with E-state index in [1.54, 1.807) is 24.7 Å². The van der Waals surface area contributed by atoms with Crippen molar-refractivity contribution in [1.82, 2.24) is 9.97 Å². The fourth-order valence-corrected chi connectivity index (χ4v) is 4.50. The fourth-order valence-electron chi connectivity index (χ4n) is 2.70. The van der Waals surface area contributed by atoms with Gasteiger partial charge in [0, 0.05) is 23.1 Å². The molecule has 4 rings (SSSR count). The summed E-state index contributed by atoms with van der Waals surface area (Å²) in [5.74, 6) is 0.729. The molecule has 1 saturated carbocycles. The molecule has 1 fully saturated rings. The number of fused-ring (bicyclic) bond motifs is 1. The van der Waals surface area contributed by atoms with Crippen molar-refractivity contribution in [3.63, 3.8) is 0 Å². The van der Waals surface area contributed by atoms with Crippen LogP contribution < -0.4 is 5.32 Å². The molecule has 128 valence electrons. The maximum atomic E-state index is 12.6. The van der Waals surface area contributed by atoms with Gasteiger partial charge in [-0.2, -0.15) is 4.36 Å². The molecule has 0 saturated heterocycles. The van der Waals surface area contributed by atoms with E-state index in [4.69, 9.17) is 11.6 Å². The molecular formula is C18H17ClN4OS. The van der Waals surface area contributed by atoms with Gasteiger partial charge in [0.05, 0.1) is 27.3 Å². The average molecular weight is 373 g/mol. The van der Waals surface area contributed by atoms with Crippen LogP contribution in [0.1, 0.15) is 12.8 Å². The minimum absolute atomic E-state index is 0.246. The van der Waals surface area contributed by atoms with E-state index in [0.717, 1.165) is 40.8 Å². The molecule has 1 aliphatic carbocycles. The summed E-state index contributed by atoms with van der Waals surface area (Å²) < 4.78 is 17.1. The monoisotopic (exact) mass is 372 g/mol. The van der Waals surface area contributed by atoms with Crippen LogP contribution in [0.2, 0.25) is 5.15 Å². The number of aromatic nitrogens is 2. The van der Waals surface area contributed by atoms with Crippen molar-refractivity contribution in [3.8, 4) is 0 Å². The highest BCUT2D eigenvalue weighted by Crippen LogP contribution is 2.33. The molecule has 1 unspecified atom stereocenters. The molecule has 25 heavy (non-hydrogen) atoms. The standard InChI is InChI=1S/C18H17ClN4OS/c1-25(24,15-4-5-15)23-13-2-6-16-12(10-13)8-9-20-18(16)22-14-3-7-17(19)21-11-14/h2-3,6-11,15H,4-5H2,1H3,(H,20,22). The van der Waals surface area contributed by atoms with Crippen LogP contribution in [0.25, 0.3) is 10.8 Å². The van der Waals surface area contributed by atoms with Crippen LogP contribution in [0.4, 0.5) is 17.2 Å². The Kier molecular flexibility index (Phi) is 4.09. The van der Waals surface area contributed by atoms with Crippen molar-refractivity contribution < 1.29 is 4.21 Å². The van der Waals surface area contributed by atoms with Gasteiger partial charge in [0.15, 0.2) is 0 Å². The van der Waals surface area contributed by atoms with E-state index in [-0.39, 0.29) is 5.25 Å². The molecule has 2 heterocycles. The number of nitrogens with one attached hydrogen (secondary N) is 1. The van der Waals surface area contributed by atoms with Crippen LogP contribution in [0.15, 0.2) is 53.2 Å². The minimum Gasteiger partial charge on any atom is -0.338 e. The third-order valence-electron chi connectivity index (χ3n) is 4.17. The van der Waals surface area contributed by atoms with Crippen molar-refractivity contribution >= 4 is 49.3 Å². The second-order valence-electron chi connectivity index (χ2n) is 6.21. The largest absolute Gasteiger partial charge is 0.338 e. The summed E-state index contributed by atoms with van der Waals surface area (Å²) in [5.41, 5.74) is 1.56. The van der Waals surface area contributed by atoms with E-state index in [0.29, 0.717) is 5.15 Å². The maximum absolute atomic E-state index is 12.6. The highest BCUT2D eigenvalue weighted by molar-refractivity contribution is 7.93. The Hall–Kier alpha value is -2.18. The first kappa shape index (κ1) is 16.3. The highest BCUT2D eigenvalue weighted by Gasteiger charge is 2.30. The highest BCUT2D eigenvalue weighted by atomic mass is 35.5. The lowest BCUT2D eigenvalue weighted by atomic mass is 10.1. The average Bonchev–Trinajstić information content (AvgIpc) is 3.42. The van der Waals surface area contributed by atoms with E-state index < -0.39 is 9.73 Å². The van der Waals surface area contributed by atoms with Crippen LogP contribution in [0, 0.1) is 0 Å². The quantitative estimate of drug-likeness (QED) is 0.660. The minimum atomic E-state index is -2.15. The summed E-state index contributed by atoms with van der Waals surface area (Å²) in [5, 5.41) is 5.90. The number of hydrogen-bond donors (Lipinski definition) is 1. The molecule has 0 aliphatic heterocycles. The molecular weight excluding hydrogens is 356 g/mol. The number of halogens is 1. The van der Waals surface area contributed by atoms with Crippen molar-refractivity contribution in [2.24, 2.45) is 4.36 Å². The number of anilines is 2. The van der Waals surface area contributed by atoms with Gasteiger partial charge in [-0.15, -0.1) is 0 Å².